The lowest BCUT2D eigenvalue weighted by molar-refractivity contribution is 1.17. The second kappa shape index (κ2) is 8.30. The minimum Gasteiger partial charge on any atom is -0.309 e. The predicted molar refractivity (Wildman–Crippen MR) is 177 cm³/mol. The van der Waals surface area contributed by atoms with E-state index in [-0.39, 0.29) is 0 Å². The maximum absolute atomic E-state index is 5.02. The van der Waals surface area contributed by atoms with E-state index in [0.717, 1.165) is 44.3 Å². The fourth-order valence-corrected chi connectivity index (χ4v) is 7.31. The summed E-state index contributed by atoms with van der Waals surface area (Å²) in [5.41, 5.74) is 8.73. The number of pyridine rings is 2. The number of benzene rings is 5. The molecule has 5 aromatic carbocycles. The minimum absolute atomic E-state index is 0.899. The lowest BCUT2D eigenvalue weighted by Crippen LogP contribution is -2.00. The van der Waals surface area contributed by atoms with Crippen molar-refractivity contribution in [3.63, 3.8) is 0 Å². The third kappa shape index (κ3) is 2.85. The van der Waals surface area contributed by atoms with Gasteiger partial charge in [-0.05, 0) is 48.5 Å². The van der Waals surface area contributed by atoms with Crippen molar-refractivity contribution in [3.05, 3.63) is 140 Å². The quantitative estimate of drug-likeness (QED) is 0.202. The molecule has 0 spiro atoms. The first-order valence-corrected chi connectivity index (χ1v) is 14.5. The van der Waals surface area contributed by atoms with E-state index in [0.29, 0.717) is 0 Å². The minimum atomic E-state index is 0.899. The Balaban J connectivity index is 1.66. The zero-order valence-electron chi connectivity index (χ0n) is 23.0. The second-order valence-corrected chi connectivity index (χ2v) is 11.1. The Labute approximate surface area is 245 Å². The number of hydrogen-bond acceptors (Lipinski definition) is 2. The molecule has 0 aliphatic rings. The Morgan fingerprint density at radius 1 is 0.395 bits per heavy atom. The van der Waals surface area contributed by atoms with Crippen molar-refractivity contribution in [3.8, 4) is 11.4 Å². The average molecular weight is 550 g/mol. The molecule has 10 rings (SSSR count). The van der Waals surface area contributed by atoms with Gasteiger partial charge in [0.25, 0.3) is 0 Å². The van der Waals surface area contributed by atoms with Gasteiger partial charge in [-0.2, -0.15) is 0 Å². The van der Waals surface area contributed by atoms with Gasteiger partial charge in [-0.3, -0.25) is 4.40 Å². The van der Waals surface area contributed by atoms with Crippen LogP contribution in [0.3, 0.4) is 0 Å². The molecule has 0 amide bonds. The third-order valence-electron chi connectivity index (χ3n) is 8.90. The first-order valence-electron chi connectivity index (χ1n) is 14.5. The maximum atomic E-state index is 5.02. The van der Waals surface area contributed by atoms with Gasteiger partial charge < -0.3 is 9.13 Å². The third-order valence-corrected chi connectivity index (χ3v) is 8.90. The molecular weight excluding hydrogens is 526 g/mol. The van der Waals surface area contributed by atoms with Crippen LogP contribution in [0.2, 0.25) is 0 Å². The van der Waals surface area contributed by atoms with E-state index in [1.54, 1.807) is 0 Å². The summed E-state index contributed by atoms with van der Waals surface area (Å²) in [7, 11) is 0. The number of imidazole rings is 1. The number of hydrogen-bond donors (Lipinski definition) is 0. The summed E-state index contributed by atoms with van der Waals surface area (Å²) in [4.78, 5) is 9.92. The standard InChI is InChI=1S/C38H23N5/c1-3-12-24(13-4-1)42-29-19-9-7-16-26(29)31-32-27-17-8-10-20-30(27)43(25-14-5-2-6-15-25)36(32)34-33(35(31)42)28-18-11-21-39-37(28)41-23-22-40-38(34)41/h1-23H. The first-order chi connectivity index (χ1) is 21.4. The van der Waals surface area contributed by atoms with Crippen LogP contribution in [0, 0.1) is 0 Å². The lowest BCUT2D eigenvalue weighted by Gasteiger charge is -2.16. The smallest absolute Gasteiger partial charge is 0.148 e. The topological polar surface area (TPSA) is 40.0 Å². The number of nitrogens with zero attached hydrogens (tertiary/aromatic N) is 5. The summed E-state index contributed by atoms with van der Waals surface area (Å²) in [6.07, 6.45) is 5.79. The molecule has 5 heterocycles. The van der Waals surface area contributed by atoms with Crippen LogP contribution in [0.1, 0.15) is 0 Å². The van der Waals surface area contributed by atoms with E-state index in [2.05, 4.69) is 129 Å². The molecule has 5 nitrogen and oxygen atoms in total. The van der Waals surface area contributed by atoms with Crippen LogP contribution in [0.15, 0.2) is 140 Å². The Hall–Kier alpha value is -5.94. The van der Waals surface area contributed by atoms with Crippen molar-refractivity contribution in [2.45, 2.75) is 0 Å². The van der Waals surface area contributed by atoms with Gasteiger partial charge in [0, 0.05) is 62.3 Å². The summed E-state index contributed by atoms with van der Waals surface area (Å²) in [6, 6.07) is 43.2. The molecule has 0 aliphatic carbocycles. The van der Waals surface area contributed by atoms with Crippen molar-refractivity contribution < 1.29 is 0 Å². The molecular formula is C38H23N5. The van der Waals surface area contributed by atoms with E-state index >= 15 is 0 Å². The maximum Gasteiger partial charge on any atom is 0.148 e. The molecule has 0 N–H and O–H groups in total. The molecule has 200 valence electrons. The zero-order valence-corrected chi connectivity index (χ0v) is 23.0. The summed E-state index contributed by atoms with van der Waals surface area (Å²) in [5, 5.41) is 8.30. The highest BCUT2D eigenvalue weighted by atomic mass is 15.1. The van der Waals surface area contributed by atoms with Crippen molar-refractivity contribution in [2.75, 3.05) is 0 Å². The lowest BCUT2D eigenvalue weighted by atomic mass is 9.98. The van der Waals surface area contributed by atoms with Gasteiger partial charge in [0.15, 0.2) is 0 Å². The first kappa shape index (κ1) is 22.7. The molecule has 0 atom stereocenters. The van der Waals surface area contributed by atoms with Crippen molar-refractivity contribution in [1.82, 2.24) is 23.5 Å². The van der Waals surface area contributed by atoms with E-state index < -0.39 is 0 Å². The summed E-state index contributed by atoms with van der Waals surface area (Å²) in [6.45, 7) is 0. The van der Waals surface area contributed by atoms with Gasteiger partial charge in [0.05, 0.1) is 27.5 Å². The molecule has 10 aromatic rings. The van der Waals surface area contributed by atoms with Crippen molar-refractivity contribution >= 4 is 71.1 Å². The Morgan fingerprint density at radius 2 is 0.884 bits per heavy atom. The molecule has 0 fully saturated rings. The average Bonchev–Trinajstić information content (AvgIpc) is 3.78. The van der Waals surface area contributed by atoms with Crippen molar-refractivity contribution in [2.24, 2.45) is 0 Å². The van der Waals surface area contributed by atoms with Crippen molar-refractivity contribution in [1.29, 1.82) is 0 Å². The van der Waals surface area contributed by atoms with E-state index in [1.807, 2.05) is 24.7 Å². The van der Waals surface area contributed by atoms with Crippen LogP contribution in [0.4, 0.5) is 0 Å². The molecule has 5 aromatic heterocycles. The van der Waals surface area contributed by atoms with Gasteiger partial charge in [-0.1, -0.05) is 72.8 Å². The second-order valence-electron chi connectivity index (χ2n) is 11.1. The highest BCUT2D eigenvalue weighted by Crippen LogP contribution is 2.49. The summed E-state index contributed by atoms with van der Waals surface area (Å²) >= 11 is 0. The van der Waals surface area contributed by atoms with Crippen LogP contribution >= 0.6 is 0 Å². The molecule has 5 heteroatoms. The van der Waals surface area contributed by atoms with Crippen LogP contribution in [0.25, 0.3) is 82.4 Å². The SMILES string of the molecule is c1ccc(-n2c3ccccc3c3c4c5ccccc5n(-c5ccccc5)c4c4c(c5cccnc5n5ccnc45)c32)cc1. The monoisotopic (exact) mass is 549 g/mol. The largest absolute Gasteiger partial charge is 0.309 e. The Bertz CT molecular complexity index is 2710. The molecule has 43 heavy (non-hydrogen) atoms. The molecule has 0 bridgehead atoms. The highest BCUT2D eigenvalue weighted by molar-refractivity contribution is 6.41. The van der Waals surface area contributed by atoms with Gasteiger partial charge in [0.1, 0.15) is 11.3 Å². The zero-order chi connectivity index (χ0) is 28.1. The van der Waals surface area contributed by atoms with Gasteiger partial charge in [-0.15, -0.1) is 0 Å². The number of para-hydroxylation sites is 4. The Morgan fingerprint density at radius 3 is 1.51 bits per heavy atom. The number of fused-ring (bicyclic) bond motifs is 15. The number of rotatable bonds is 2. The predicted octanol–water partition coefficient (Wildman–Crippen LogP) is 9.23. The van der Waals surface area contributed by atoms with Crippen LogP contribution < -0.4 is 0 Å². The van der Waals surface area contributed by atoms with Gasteiger partial charge in [0.2, 0.25) is 0 Å². The molecule has 0 saturated heterocycles. The molecule has 0 aliphatic heterocycles. The normalized spacial score (nSPS) is 12.2. The Kier molecular flexibility index (Phi) is 4.39. The van der Waals surface area contributed by atoms with Crippen LogP contribution in [-0.2, 0) is 0 Å². The molecule has 0 saturated carbocycles. The van der Waals surface area contributed by atoms with Gasteiger partial charge >= 0.3 is 0 Å². The molecule has 0 radical (unpaired) electrons. The van der Waals surface area contributed by atoms with Gasteiger partial charge in [-0.25, -0.2) is 9.97 Å². The fraction of sp³-hybridized carbons (Fsp3) is 0. The van der Waals surface area contributed by atoms with E-state index in [1.165, 1.54) is 38.1 Å². The molecule has 0 unspecified atom stereocenters. The number of aromatic nitrogens is 5. The summed E-state index contributed by atoms with van der Waals surface area (Å²) in [5.74, 6) is 0. The van der Waals surface area contributed by atoms with Crippen LogP contribution in [0.5, 0.6) is 0 Å². The fourth-order valence-electron chi connectivity index (χ4n) is 7.31. The summed E-state index contributed by atoms with van der Waals surface area (Å²) < 4.78 is 7.01. The van der Waals surface area contributed by atoms with Crippen LogP contribution in [-0.4, -0.2) is 23.5 Å². The van der Waals surface area contributed by atoms with E-state index in [4.69, 9.17) is 9.97 Å². The highest BCUT2D eigenvalue weighted by Gasteiger charge is 2.27. The van der Waals surface area contributed by atoms with E-state index in [9.17, 15) is 0 Å².